The number of halogens is 1. The van der Waals surface area contributed by atoms with Crippen LogP contribution in [-0.4, -0.2) is 37.2 Å². The fraction of sp³-hybridized carbons (Fsp3) is 0.647. The van der Waals surface area contributed by atoms with Gasteiger partial charge in [0.25, 0.3) is 0 Å². The minimum atomic E-state index is 0.550. The number of hydrogen-bond donors (Lipinski definition) is 1. The Kier molecular flexibility index (Phi) is 6.08. The molecular formula is C17H27BrN2O. The molecule has 118 valence electrons. The summed E-state index contributed by atoms with van der Waals surface area (Å²) >= 11 is 3.57. The number of ether oxygens (including phenoxy) is 1. The average molecular weight is 355 g/mol. The molecule has 21 heavy (non-hydrogen) atoms. The Morgan fingerprint density at radius 1 is 1.48 bits per heavy atom. The van der Waals surface area contributed by atoms with Gasteiger partial charge in [0.2, 0.25) is 0 Å². The van der Waals surface area contributed by atoms with Gasteiger partial charge in [-0.2, -0.15) is 0 Å². The van der Waals surface area contributed by atoms with Crippen molar-refractivity contribution in [2.45, 2.75) is 45.8 Å². The number of methoxy groups -OCH3 is 1. The standard InChI is InChI=1S/C17H27BrN2O/c1-5-12(2)16-11-20(13(3)9-19-16)10-14-8-15(18)6-7-17(14)21-4/h6-8,12-13,16,19H,5,9-11H2,1-4H3. The zero-order chi connectivity index (χ0) is 15.4. The molecule has 0 spiro atoms. The van der Waals surface area contributed by atoms with Crippen LogP contribution in [0.25, 0.3) is 0 Å². The van der Waals surface area contributed by atoms with Gasteiger partial charge in [-0.3, -0.25) is 4.90 Å². The Balaban J connectivity index is 2.11. The summed E-state index contributed by atoms with van der Waals surface area (Å²) in [6.07, 6.45) is 1.22. The van der Waals surface area contributed by atoms with Gasteiger partial charge in [0.15, 0.2) is 0 Å². The summed E-state index contributed by atoms with van der Waals surface area (Å²) in [7, 11) is 1.75. The van der Waals surface area contributed by atoms with Gasteiger partial charge in [-0.1, -0.05) is 36.2 Å². The van der Waals surface area contributed by atoms with E-state index in [0.29, 0.717) is 18.0 Å². The van der Waals surface area contributed by atoms with Crippen LogP contribution >= 0.6 is 15.9 Å². The fourth-order valence-electron chi connectivity index (χ4n) is 2.92. The van der Waals surface area contributed by atoms with Crippen LogP contribution in [0.15, 0.2) is 22.7 Å². The summed E-state index contributed by atoms with van der Waals surface area (Å²) in [6, 6.07) is 7.38. The number of nitrogens with one attached hydrogen (secondary N) is 1. The minimum absolute atomic E-state index is 0.550. The lowest BCUT2D eigenvalue weighted by molar-refractivity contribution is 0.111. The Morgan fingerprint density at radius 3 is 2.90 bits per heavy atom. The number of benzene rings is 1. The molecule has 1 aromatic carbocycles. The van der Waals surface area contributed by atoms with Crippen molar-refractivity contribution in [3.05, 3.63) is 28.2 Å². The largest absolute Gasteiger partial charge is 0.496 e. The molecule has 1 aliphatic rings. The van der Waals surface area contributed by atoms with E-state index in [-0.39, 0.29) is 0 Å². The van der Waals surface area contributed by atoms with Crippen LogP contribution in [0, 0.1) is 5.92 Å². The molecule has 1 fully saturated rings. The first-order valence-corrected chi connectivity index (χ1v) is 8.64. The zero-order valence-electron chi connectivity index (χ0n) is 13.5. The van der Waals surface area contributed by atoms with Crippen molar-refractivity contribution >= 4 is 15.9 Å². The third kappa shape index (κ3) is 4.21. The highest BCUT2D eigenvalue weighted by molar-refractivity contribution is 9.10. The highest BCUT2D eigenvalue weighted by atomic mass is 79.9. The van der Waals surface area contributed by atoms with Crippen molar-refractivity contribution in [1.29, 1.82) is 0 Å². The Morgan fingerprint density at radius 2 is 2.24 bits per heavy atom. The molecule has 1 aliphatic heterocycles. The molecule has 1 heterocycles. The molecule has 4 heteroatoms. The minimum Gasteiger partial charge on any atom is -0.496 e. The van der Waals surface area contributed by atoms with E-state index in [9.17, 15) is 0 Å². The number of piperazine rings is 1. The Labute approximate surface area is 137 Å². The molecule has 0 aliphatic carbocycles. The Hall–Kier alpha value is -0.580. The van der Waals surface area contributed by atoms with Gasteiger partial charge in [-0.15, -0.1) is 0 Å². The topological polar surface area (TPSA) is 24.5 Å². The maximum absolute atomic E-state index is 5.51. The zero-order valence-corrected chi connectivity index (χ0v) is 15.1. The number of rotatable bonds is 5. The van der Waals surface area contributed by atoms with Gasteiger partial charge in [-0.25, -0.2) is 0 Å². The molecule has 0 radical (unpaired) electrons. The lowest BCUT2D eigenvalue weighted by Crippen LogP contribution is -2.56. The first-order chi connectivity index (χ1) is 10.0. The van der Waals surface area contributed by atoms with Gasteiger partial charge < -0.3 is 10.1 Å². The summed E-state index contributed by atoms with van der Waals surface area (Å²) in [5.41, 5.74) is 1.25. The van der Waals surface area contributed by atoms with E-state index in [4.69, 9.17) is 4.74 Å². The predicted octanol–water partition coefficient (Wildman–Crippen LogP) is 3.67. The molecule has 1 N–H and O–H groups in total. The molecule has 3 unspecified atom stereocenters. The van der Waals surface area contributed by atoms with Crippen molar-refractivity contribution in [3.8, 4) is 5.75 Å². The second kappa shape index (κ2) is 7.61. The summed E-state index contributed by atoms with van der Waals surface area (Å²) in [5, 5.41) is 3.69. The second-order valence-corrected chi connectivity index (χ2v) is 7.05. The average Bonchev–Trinajstić information content (AvgIpc) is 2.49. The van der Waals surface area contributed by atoms with E-state index >= 15 is 0 Å². The Bertz CT molecular complexity index is 466. The van der Waals surface area contributed by atoms with Crippen LogP contribution in [0.5, 0.6) is 5.75 Å². The first-order valence-electron chi connectivity index (χ1n) is 7.85. The van der Waals surface area contributed by atoms with Crippen LogP contribution in [0.4, 0.5) is 0 Å². The van der Waals surface area contributed by atoms with E-state index in [1.165, 1.54) is 12.0 Å². The van der Waals surface area contributed by atoms with Gasteiger partial charge in [0.1, 0.15) is 5.75 Å². The lowest BCUT2D eigenvalue weighted by Gasteiger charge is -2.41. The fourth-order valence-corrected chi connectivity index (χ4v) is 3.33. The van der Waals surface area contributed by atoms with Crippen molar-refractivity contribution < 1.29 is 4.74 Å². The summed E-state index contributed by atoms with van der Waals surface area (Å²) in [6.45, 7) is 10.0. The van der Waals surface area contributed by atoms with Gasteiger partial charge in [0, 0.05) is 41.8 Å². The van der Waals surface area contributed by atoms with Crippen molar-refractivity contribution in [1.82, 2.24) is 10.2 Å². The molecule has 0 saturated carbocycles. The molecular weight excluding hydrogens is 328 g/mol. The van der Waals surface area contributed by atoms with Crippen molar-refractivity contribution in [2.75, 3.05) is 20.2 Å². The molecule has 1 aromatic rings. The second-order valence-electron chi connectivity index (χ2n) is 6.13. The maximum atomic E-state index is 5.51. The van der Waals surface area contributed by atoms with E-state index in [0.717, 1.165) is 29.9 Å². The third-order valence-corrected chi connectivity index (χ3v) is 5.17. The molecule has 2 rings (SSSR count). The molecule has 0 amide bonds. The quantitative estimate of drug-likeness (QED) is 0.872. The highest BCUT2D eigenvalue weighted by Crippen LogP contribution is 2.26. The van der Waals surface area contributed by atoms with Crippen LogP contribution < -0.4 is 10.1 Å². The van der Waals surface area contributed by atoms with E-state index in [2.05, 4.69) is 53.0 Å². The SMILES string of the molecule is CCC(C)C1CN(Cc2cc(Br)ccc2OC)C(C)CN1. The van der Waals surface area contributed by atoms with Crippen LogP contribution in [0.3, 0.4) is 0 Å². The first kappa shape index (κ1) is 16.8. The van der Waals surface area contributed by atoms with Crippen molar-refractivity contribution in [3.63, 3.8) is 0 Å². The number of nitrogens with zero attached hydrogens (tertiary/aromatic N) is 1. The maximum Gasteiger partial charge on any atom is 0.123 e. The summed E-state index contributed by atoms with van der Waals surface area (Å²) in [5.74, 6) is 1.69. The normalized spacial score (nSPS) is 24.8. The molecule has 1 saturated heterocycles. The van der Waals surface area contributed by atoms with Crippen LogP contribution in [0.1, 0.15) is 32.8 Å². The van der Waals surface area contributed by atoms with Crippen molar-refractivity contribution in [2.24, 2.45) is 5.92 Å². The monoisotopic (exact) mass is 354 g/mol. The summed E-state index contributed by atoms with van der Waals surface area (Å²) < 4.78 is 6.62. The van der Waals surface area contributed by atoms with Gasteiger partial charge in [-0.05, 0) is 31.0 Å². The molecule has 0 aromatic heterocycles. The predicted molar refractivity (Wildman–Crippen MR) is 91.8 cm³/mol. The van der Waals surface area contributed by atoms with Gasteiger partial charge >= 0.3 is 0 Å². The van der Waals surface area contributed by atoms with Crippen LogP contribution in [0.2, 0.25) is 0 Å². The van der Waals surface area contributed by atoms with E-state index in [1.807, 2.05) is 12.1 Å². The highest BCUT2D eigenvalue weighted by Gasteiger charge is 2.28. The van der Waals surface area contributed by atoms with E-state index in [1.54, 1.807) is 7.11 Å². The van der Waals surface area contributed by atoms with E-state index < -0.39 is 0 Å². The van der Waals surface area contributed by atoms with Gasteiger partial charge in [0.05, 0.1) is 7.11 Å². The molecule has 3 nitrogen and oxygen atoms in total. The summed E-state index contributed by atoms with van der Waals surface area (Å²) in [4.78, 5) is 2.57. The smallest absolute Gasteiger partial charge is 0.123 e. The molecule has 0 bridgehead atoms. The van der Waals surface area contributed by atoms with Crippen LogP contribution in [-0.2, 0) is 6.54 Å². The lowest BCUT2D eigenvalue weighted by atomic mass is 9.95. The third-order valence-electron chi connectivity index (χ3n) is 4.68. The number of hydrogen-bond acceptors (Lipinski definition) is 3. The molecule has 3 atom stereocenters.